The van der Waals surface area contributed by atoms with Crippen molar-refractivity contribution in [3.63, 3.8) is 0 Å². The van der Waals surface area contributed by atoms with E-state index in [1.807, 2.05) is 0 Å². The Balaban J connectivity index is 0.000000561. The molecule has 0 radical (unpaired) electrons. The summed E-state index contributed by atoms with van der Waals surface area (Å²) in [5.41, 5.74) is 0.810. The lowest BCUT2D eigenvalue weighted by atomic mass is 10.1. The van der Waals surface area contributed by atoms with Crippen LogP contribution in [0, 0.1) is 0 Å². The van der Waals surface area contributed by atoms with Crippen molar-refractivity contribution < 1.29 is 34.1 Å². The quantitative estimate of drug-likeness (QED) is 0.603. The van der Waals surface area contributed by atoms with Crippen LogP contribution in [0.25, 0.3) is 0 Å². The smallest absolute Gasteiger partial charge is 0.338 e. The Morgan fingerprint density at radius 1 is 1.12 bits per heavy atom. The first-order chi connectivity index (χ1) is 11.2. The molecule has 0 fully saturated rings. The van der Waals surface area contributed by atoms with Gasteiger partial charge in [0, 0.05) is 5.57 Å². The summed E-state index contributed by atoms with van der Waals surface area (Å²) in [7, 11) is 0. The minimum Gasteiger partial charge on any atom is -0.478 e. The summed E-state index contributed by atoms with van der Waals surface area (Å²) in [4.78, 5) is 32.3. The summed E-state index contributed by atoms with van der Waals surface area (Å²) in [5, 5.41) is 17.6. The van der Waals surface area contributed by atoms with E-state index in [0.717, 1.165) is 0 Å². The number of carboxylic acids is 1. The molecule has 0 aliphatic rings. The predicted octanol–water partition coefficient (Wildman–Crippen LogP) is 2.05. The molecule has 0 aromatic heterocycles. The van der Waals surface area contributed by atoms with Gasteiger partial charge in [0.1, 0.15) is 6.61 Å². The molecule has 0 aliphatic heterocycles. The number of carbonyl (C=O) groups excluding carboxylic acids is 2. The molecule has 1 rings (SSSR count). The second-order valence-corrected chi connectivity index (χ2v) is 4.83. The van der Waals surface area contributed by atoms with E-state index in [1.165, 1.54) is 31.2 Å². The van der Waals surface area contributed by atoms with Crippen LogP contribution in [0.5, 0.6) is 0 Å². The predicted molar refractivity (Wildman–Crippen MR) is 86.8 cm³/mol. The van der Waals surface area contributed by atoms with Gasteiger partial charge in [0.05, 0.1) is 23.8 Å². The molecular weight excluding hydrogens is 316 g/mol. The van der Waals surface area contributed by atoms with Crippen LogP contribution in [-0.4, -0.2) is 47.4 Å². The average molecular weight is 338 g/mol. The van der Waals surface area contributed by atoms with Gasteiger partial charge in [-0.3, -0.25) is 0 Å². The second kappa shape index (κ2) is 11.0. The molecule has 0 heterocycles. The average Bonchev–Trinajstić information content (AvgIpc) is 2.53. The SMILES string of the molecule is C=C(C)C(=O)OCC.CC(O)COC(=O)c1ccc(C(=O)O)cc1. The van der Waals surface area contributed by atoms with Crippen LogP contribution >= 0.6 is 0 Å². The largest absolute Gasteiger partial charge is 0.478 e. The third kappa shape index (κ3) is 8.70. The topological polar surface area (TPSA) is 110 Å². The lowest BCUT2D eigenvalue weighted by molar-refractivity contribution is -0.138. The summed E-state index contributed by atoms with van der Waals surface area (Å²) < 4.78 is 9.32. The van der Waals surface area contributed by atoms with Crippen molar-refractivity contribution >= 4 is 17.9 Å². The Hall–Kier alpha value is -2.67. The maximum absolute atomic E-state index is 11.3. The van der Waals surface area contributed by atoms with Gasteiger partial charge in [-0.2, -0.15) is 0 Å². The number of ether oxygens (including phenoxy) is 2. The Bertz CT molecular complexity index is 573. The molecule has 0 spiro atoms. The highest BCUT2D eigenvalue weighted by Gasteiger charge is 2.09. The van der Waals surface area contributed by atoms with Crippen molar-refractivity contribution in [2.75, 3.05) is 13.2 Å². The Labute approximate surface area is 140 Å². The zero-order valence-corrected chi connectivity index (χ0v) is 13.9. The van der Waals surface area contributed by atoms with Crippen LogP contribution < -0.4 is 0 Å². The normalized spacial score (nSPS) is 10.7. The number of esters is 2. The van der Waals surface area contributed by atoms with Gasteiger partial charge in [0.15, 0.2) is 0 Å². The zero-order valence-electron chi connectivity index (χ0n) is 13.9. The first kappa shape index (κ1) is 21.3. The Morgan fingerprint density at radius 2 is 1.62 bits per heavy atom. The third-order valence-electron chi connectivity index (χ3n) is 2.45. The summed E-state index contributed by atoms with van der Waals surface area (Å²) in [6.07, 6.45) is -0.720. The fourth-order valence-electron chi connectivity index (χ4n) is 1.28. The molecule has 0 amide bonds. The first-order valence-electron chi connectivity index (χ1n) is 7.20. The summed E-state index contributed by atoms with van der Waals surface area (Å²) in [6, 6.07) is 5.38. The molecule has 0 bridgehead atoms. The maximum Gasteiger partial charge on any atom is 0.338 e. The van der Waals surface area contributed by atoms with Gasteiger partial charge in [0.2, 0.25) is 0 Å². The third-order valence-corrected chi connectivity index (χ3v) is 2.45. The fraction of sp³-hybridized carbons (Fsp3) is 0.353. The molecule has 1 atom stereocenters. The molecule has 0 saturated heterocycles. The number of hydrogen-bond acceptors (Lipinski definition) is 6. The van der Waals surface area contributed by atoms with Gasteiger partial charge in [-0.15, -0.1) is 0 Å². The molecule has 7 nitrogen and oxygen atoms in total. The van der Waals surface area contributed by atoms with Crippen LogP contribution in [0.3, 0.4) is 0 Å². The molecule has 1 unspecified atom stereocenters. The highest BCUT2D eigenvalue weighted by molar-refractivity contribution is 5.92. The van der Waals surface area contributed by atoms with Crippen molar-refractivity contribution in [3.8, 4) is 0 Å². The lowest BCUT2D eigenvalue weighted by Crippen LogP contribution is -2.15. The number of hydrogen-bond donors (Lipinski definition) is 2. The molecule has 0 aliphatic carbocycles. The van der Waals surface area contributed by atoms with Crippen molar-refractivity contribution in [3.05, 3.63) is 47.5 Å². The summed E-state index contributed by atoms with van der Waals surface area (Å²) in [6.45, 7) is 8.63. The Morgan fingerprint density at radius 3 is 1.96 bits per heavy atom. The van der Waals surface area contributed by atoms with Crippen molar-refractivity contribution in [1.82, 2.24) is 0 Å². The minimum atomic E-state index is -1.05. The highest BCUT2D eigenvalue weighted by Crippen LogP contribution is 2.06. The van der Waals surface area contributed by atoms with Gasteiger partial charge >= 0.3 is 17.9 Å². The van der Waals surface area contributed by atoms with E-state index in [-0.39, 0.29) is 23.7 Å². The number of carboxylic acid groups (broad SMARTS) is 1. The molecule has 0 saturated carbocycles. The van der Waals surface area contributed by atoms with E-state index in [9.17, 15) is 14.4 Å². The highest BCUT2D eigenvalue weighted by atomic mass is 16.5. The second-order valence-electron chi connectivity index (χ2n) is 4.83. The molecule has 7 heteroatoms. The maximum atomic E-state index is 11.3. The van der Waals surface area contributed by atoms with Crippen LogP contribution in [0.2, 0.25) is 0 Å². The molecule has 1 aromatic rings. The van der Waals surface area contributed by atoms with Crippen molar-refractivity contribution in [2.24, 2.45) is 0 Å². The van der Waals surface area contributed by atoms with Crippen molar-refractivity contribution in [2.45, 2.75) is 26.9 Å². The molecule has 132 valence electrons. The number of aliphatic hydroxyl groups excluding tert-OH is 1. The number of carbonyl (C=O) groups is 3. The van der Waals surface area contributed by atoms with Crippen LogP contribution in [0.4, 0.5) is 0 Å². The fourth-order valence-corrected chi connectivity index (χ4v) is 1.28. The van der Waals surface area contributed by atoms with E-state index in [1.54, 1.807) is 13.8 Å². The minimum absolute atomic E-state index is 0.0838. The standard InChI is InChI=1S/C11H12O5.C6H10O2/c1-7(12)6-16-11(15)9-4-2-8(3-5-9)10(13)14;1-4-8-6(7)5(2)3/h2-5,7,12H,6H2,1H3,(H,13,14);2,4H2,1,3H3. The van der Waals surface area contributed by atoms with E-state index in [0.29, 0.717) is 12.2 Å². The molecule has 24 heavy (non-hydrogen) atoms. The monoisotopic (exact) mass is 338 g/mol. The van der Waals surface area contributed by atoms with E-state index < -0.39 is 18.0 Å². The van der Waals surface area contributed by atoms with E-state index in [2.05, 4.69) is 11.3 Å². The Kier molecular flexibility index (Phi) is 9.74. The number of rotatable bonds is 6. The van der Waals surface area contributed by atoms with Gasteiger partial charge in [0.25, 0.3) is 0 Å². The van der Waals surface area contributed by atoms with Gasteiger partial charge in [-0.05, 0) is 45.0 Å². The van der Waals surface area contributed by atoms with Gasteiger partial charge in [-0.25, -0.2) is 14.4 Å². The molecule has 1 aromatic carbocycles. The number of benzene rings is 1. The first-order valence-corrected chi connectivity index (χ1v) is 7.20. The number of aromatic carboxylic acids is 1. The lowest BCUT2D eigenvalue weighted by Gasteiger charge is -2.06. The van der Waals surface area contributed by atoms with Crippen molar-refractivity contribution in [1.29, 1.82) is 0 Å². The van der Waals surface area contributed by atoms with Crippen LogP contribution in [0.15, 0.2) is 36.4 Å². The number of aliphatic hydroxyl groups is 1. The van der Waals surface area contributed by atoms with Crippen LogP contribution in [0.1, 0.15) is 41.5 Å². The summed E-state index contributed by atoms with van der Waals surface area (Å²) >= 11 is 0. The van der Waals surface area contributed by atoms with Gasteiger partial charge < -0.3 is 19.7 Å². The van der Waals surface area contributed by atoms with Crippen LogP contribution in [-0.2, 0) is 14.3 Å². The molecule has 2 N–H and O–H groups in total. The van der Waals surface area contributed by atoms with Gasteiger partial charge in [-0.1, -0.05) is 6.58 Å². The van der Waals surface area contributed by atoms with E-state index in [4.69, 9.17) is 14.9 Å². The van der Waals surface area contributed by atoms with E-state index >= 15 is 0 Å². The summed E-state index contributed by atoms with van der Waals surface area (Å²) in [5.74, 6) is -1.95. The molecular formula is C17H22O7. The zero-order chi connectivity index (χ0) is 18.7.